The number of amides is 1. The first-order chi connectivity index (χ1) is 15.6. The van der Waals surface area contributed by atoms with Crippen LogP contribution in [0.25, 0.3) is 0 Å². The van der Waals surface area contributed by atoms with E-state index >= 15 is 0 Å². The minimum absolute atomic E-state index is 0.0454. The monoisotopic (exact) mass is 444 g/mol. The fraction of sp³-hybridized carbons (Fsp3) is 0.455. The van der Waals surface area contributed by atoms with E-state index in [1.807, 2.05) is 37.3 Å². The molecule has 3 atom stereocenters. The Balaban J connectivity index is 0.000000913. The van der Waals surface area contributed by atoms with Gasteiger partial charge in [0.05, 0.1) is 32.6 Å². The Morgan fingerprint density at radius 3 is 2.72 bits per heavy atom. The van der Waals surface area contributed by atoms with Crippen LogP contribution in [0.15, 0.2) is 35.5 Å². The molecule has 1 aromatic heterocycles. The van der Waals surface area contributed by atoms with E-state index in [1.165, 1.54) is 0 Å². The molecule has 172 valence electrons. The highest BCUT2D eigenvalue weighted by Gasteiger charge is 2.35. The minimum Gasteiger partial charge on any atom is -0.497 e. The number of primary amides is 1. The topological polar surface area (TPSA) is 138 Å². The van der Waals surface area contributed by atoms with Gasteiger partial charge in [0.25, 0.3) is 0 Å². The molecule has 0 radical (unpaired) electrons. The maximum Gasteiger partial charge on any atom is 0.204 e. The van der Waals surface area contributed by atoms with Crippen molar-refractivity contribution in [2.45, 2.75) is 38.1 Å². The van der Waals surface area contributed by atoms with Crippen LogP contribution in [-0.4, -0.2) is 72.4 Å². The molecule has 1 amide bonds. The highest BCUT2D eigenvalue weighted by Crippen LogP contribution is 2.23. The molecule has 0 saturated carbocycles. The molecule has 3 unspecified atom stereocenters. The molecule has 32 heavy (non-hydrogen) atoms. The first-order valence-corrected chi connectivity index (χ1v) is 10.3. The van der Waals surface area contributed by atoms with Crippen molar-refractivity contribution in [3.8, 4) is 5.75 Å². The molecule has 4 rings (SSSR count). The van der Waals surface area contributed by atoms with Gasteiger partial charge in [-0.15, -0.1) is 0 Å². The summed E-state index contributed by atoms with van der Waals surface area (Å²) in [4.78, 5) is 23.3. The van der Waals surface area contributed by atoms with Crippen molar-refractivity contribution in [1.29, 1.82) is 0 Å². The zero-order chi connectivity index (χ0) is 22.9. The third-order valence-corrected chi connectivity index (χ3v) is 5.01. The van der Waals surface area contributed by atoms with Gasteiger partial charge in [0.1, 0.15) is 29.5 Å². The number of aliphatic hydroxyl groups is 1. The van der Waals surface area contributed by atoms with Crippen LogP contribution >= 0.6 is 0 Å². The molecule has 3 heterocycles. The summed E-state index contributed by atoms with van der Waals surface area (Å²) in [5, 5.41) is 13.4. The smallest absolute Gasteiger partial charge is 0.204 e. The van der Waals surface area contributed by atoms with Gasteiger partial charge in [0.15, 0.2) is 6.10 Å². The maximum absolute atomic E-state index is 9.14. The highest BCUT2D eigenvalue weighted by atomic mass is 16.7. The number of carbonyl (C=O) groups is 1. The second kappa shape index (κ2) is 11.5. The van der Waals surface area contributed by atoms with Gasteiger partial charge in [-0.25, -0.2) is 9.97 Å². The van der Waals surface area contributed by atoms with Gasteiger partial charge in [0, 0.05) is 18.5 Å². The molecular weight excluding hydrogens is 416 g/mol. The molecule has 3 N–H and O–H groups in total. The Kier molecular flexibility index (Phi) is 8.48. The number of rotatable bonds is 6. The number of hydrogen-bond acceptors (Lipinski definition) is 9. The van der Waals surface area contributed by atoms with Crippen LogP contribution < -0.4 is 10.5 Å². The van der Waals surface area contributed by atoms with E-state index in [4.69, 9.17) is 28.9 Å². The van der Waals surface area contributed by atoms with E-state index in [2.05, 4.69) is 20.9 Å². The van der Waals surface area contributed by atoms with Crippen LogP contribution in [0.1, 0.15) is 29.2 Å². The molecular formula is C22H28N4O6. The molecule has 2 aliphatic heterocycles. The summed E-state index contributed by atoms with van der Waals surface area (Å²) in [6.07, 6.45) is 0.817. The number of aromatic nitrogens is 2. The molecule has 1 fully saturated rings. The minimum atomic E-state index is -0.267. The third kappa shape index (κ3) is 6.22. The summed E-state index contributed by atoms with van der Waals surface area (Å²) in [6.45, 7) is 2.56. The highest BCUT2D eigenvalue weighted by molar-refractivity contribution is 5.99. The van der Waals surface area contributed by atoms with Gasteiger partial charge >= 0.3 is 0 Å². The predicted molar refractivity (Wildman–Crippen MR) is 115 cm³/mol. The lowest BCUT2D eigenvalue weighted by Crippen LogP contribution is -2.43. The molecule has 10 nitrogen and oxygen atoms in total. The maximum atomic E-state index is 9.14. The van der Waals surface area contributed by atoms with E-state index < -0.39 is 0 Å². The Bertz CT molecular complexity index is 930. The lowest BCUT2D eigenvalue weighted by atomic mass is 10.0. The van der Waals surface area contributed by atoms with Gasteiger partial charge in [0.2, 0.25) is 6.41 Å². The fourth-order valence-corrected chi connectivity index (χ4v) is 3.48. The number of hydrogen-bond donors (Lipinski definition) is 2. The summed E-state index contributed by atoms with van der Waals surface area (Å²) in [6, 6.07) is 9.90. The van der Waals surface area contributed by atoms with Crippen molar-refractivity contribution in [1.82, 2.24) is 9.97 Å². The second-order valence-corrected chi connectivity index (χ2v) is 7.35. The summed E-state index contributed by atoms with van der Waals surface area (Å²) < 4.78 is 16.6. The van der Waals surface area contributed by atoms with Crippen LogP contribution in [0.4, 0.5) is 0 Å². The largest absolute Gasteiger partial charge is 0.497 e. The Morgan fingerprint density at radius 1 is 1.22 bits per heavy atom. The standard InChI is InChI=1S/C21H25N3O5.CH3NO/c1-13-22-15(6-14-4-3-5-16(7-14)26-2)8-18(23-13)19-9-20(29-24-19)21-12-27-17(10-25)11-28-21;2-1-3/h3-5,7-8,17,20-21,25H,6,9-12H2,1-2H3;1H,(H2,2,3). The van der Waals surface area contributed by atoms with Crippen molar-refractivity contribution >= 4 is 12.1 Å². The van der Waals surface area contributed by atoms with Crippen molar-refractivity contribution < 1.29 is 28.9 Å². The lowest BCUT2D eigenvalue weighted by Gasteiger charge is -2.30. The van der Waals surface area contributed by atoms with Crippen molar-refractivity contribution in [3.05, 3.63) is 53.1 Å². The normalized spacial score (nSPS) is 22.2. The number of ether oxygens (including phenoxy) is 3. The number of nitrogens with zero attached hydrogens (tertiary/aromatic N) is 3. The van der Waals surface area contributed by atoms with Crippen molar-refractivity contribution in [3.63, 3.8) is 0 Å². The number of aliphatic hydroxyl groups excluding tert-OH is 1. The van der Waals surface area contributed by atoms with E-state index in [0.29, 0.717) is 31.9 Å². The second-order valence-electron chi connectivity index (χ2n) is 7.35. The summed E-state index contributed by atoms with van der Waals surface area (Å²) in [5.74, 6) is 1.51. The number of carbonyl (C=O) groups excluding carboxylic acids is 1. The molecule has 0 aliphatic carbocycles. The van der Waals surface area contributed by atoms with Crippen LogP contribution in [0, 0.1) is 6.92 Å². The summed E-state index contributed by atoms with van der Waals surface area (Å²) in [7, 11) is 1.66. The molecule has 0 bridgehead atoms. The van der Waals surface area contributed by atoms with Gasteiger partial charge in [-0.05, 0) is 30.7 Å². The average Bonchev–Trinajstić information content (AvgIpc) is 3.30. The van der Waals surface area contributed by atoms with Crippen LogP contribution in [-0.2, 0) is 25.5 Å². The first-order valence-electron chi connectivity index (χ1n) is 10.3. The zero-order valence-electron chi connectivity index (χ0n) is 18.1. The lowest BCUT2D eigenvalue weighted by molar-refractivity contribution is -0.178. The summed E-state index contributed by atoms with van der Waals surface area (Å²) in [5.41, 5.74) is 7.74. The number of nitrogens with two attached hydrogens (primary N) is 1. The molecule has 2 aromatic rings. The number of oxime groups is 1. The molecule has 1 saturated heterocycles. The number of aryl methyl sites for hydroxylation is 1. The van der Waals surface area contributed by atoms with Gasteiger partial charge in [-0.3, -0.25) is 4.79 Å². The Morgan fingerprint density at radius 2 is 2.03 bits per heavy atom. The number of methoxy groups -OCH3 is 1. The molecule has 0 spiro atoms. The van der Waals surface area contributed by atoms with Crippen LogP contribution in [0.3, 0.4) is 0 Å². The Labute approximate surface area is 186 Å². The average molecular weight is 444 g/mol. The third-order valence-electron chi connectivity index (χ3n) is 5.01. The first kappa shape index (κ1) is 23.6. The van der Waals surface area contributed by atoms with E-state index in [9.17, 15) is 0 Å². The van der Waals surface area contributed by atoms with Crippen LogP contribution in [0.5, 0.6) is 5.75 Å². The summed E-state index contributed by atoms with van der Waals surface area (Å²) >= 11 is 0. The predicted octanol–water partition coefficient (Wildman–Crippen LogP) is 0.755. The fourth-order valence-electron chi connectivity index (χ4n) is 3.48. The molecule has 10 heteroatoms. The van der Waals surface area contributed by atoms with Crippen LogP contribution in [0.2, 0.25) is 0 Å². The quantitative estimate of drug-likeness (QED) is 0.623. The van der Waals surface area contributed by atoms with Crippen molar-refractivity contribution in [2.24, 2.45) is 10.9 Å². The molecule has 2 aliphatic rings. The van der Waals surface area contributed by atoms with E-state index in [1.54, 1.807) is 7.11 Å². The number of benzene rings is 1. The van der Waals surface area contributed by atoms with E-state index in [-0.39, 0.29) is 31.3 Å². The molecule has 1 aromatic carbocycles. The van der Waals surface area contributed by atoms with Gasteiger partial charge < -0.3 is 29.9 Å². The zero-order valence-corrected chi connectivity index (χ0v) is 18.1. The van der Waals surface area contributed by atoms with Gasteiger partial charge in [-0.1, -0.05) is 17.3 Å². The van der Waals surface area contributed by atoms with E-state index in [0.717, 1.165) is 28.4 Å². The van der Waals surface area contributed by atoms with Crippen molar-refractivity contribution in [2.75, 3.05) is 26.9 Å². The Hall–Kier alpha value is -3.08. The van der Waals surface area contributed by atoms with Gasteiger partial charge in [-0.2, -0.15) is 0 Å². The SMILES string of the molecule is COc1cccc(Cc2cc(C3=NOC(C4COC(CO)CO4)C3)nc(C)n2)c1.NC=O.